The van der Waals surface area contributed by atoms with Crippen molar-refractivity contribution in [3.63, 3.8) is 0 Å². The van der Waals surface area contributed by atoms with Crippen LogP contribution in [0.25, 0.3) is 5.69 Å². The Hall–Kier alpha value is -2.71. The molecule has 1 aromatic carbocycles. The van der Waals surface area contributed by atoms with Gasteiger partial charge in [0.2, 0.25) is 5.91 Å². The van der Waals surface area contributed by atoms with Crippen molar-refractivity contribution in [2.24, 2.45) is 11.5 Å². The number of anilines is 1. The van der Waals surface area contributed by atoms with Gasteiger partial charge in [-0.25, -0.2) is 4.79 Å². The van der Waals surface area contributed by atoms with E-state index < -0.39 is 11.7 Å². The highest BCUT2D eigenvalue weighted by atomic mass is 16.2. The zero-order valence-corrected chi connectivity index (χ0v) is 15.3. The summed E-state index contributed by atoms with van der Waals surface area (Å²) in [6, 6.07) is 8.47. The van der Waals surface area contributed by atoms with Crippen LogP contribution in [0.1, 0.15) is 24.8 Å². The molecule has 3 rings (SSSR count). The van der Waals surface area contributed by atoms with Crippen molar-refractivity contribution in [1.82, 2.24) is 14.5 Å². The van der Waals surface area contributed by atoms with Crippen LogP contribution in [0.4, 0.5) is 5.82 Å². The third-order valence-electron chi connectivity index (χ3n) is 4.90. The minimum absolute atomic E-state index is 0.0351. The van der Waals surface area contributed by atoms with E-state index in [0.717, 1.165) is 24.8 Å². The number of nitrogens with two attached hydrogens (primary N) is 3. The molecule has 1 aliphatic rings. The van der Waals surface area contributed by atoms with Gasteiger partial charge in [0.25, 0.3) is 0 Å². The Kier molecular flexibility index (Phi) is 5.88. The summed E-state index contributed by atoms with van der Waals surface area (Å²) in [5, 5.41) is 0. The number of nitrogens with zero attached hydrogens (tertiary/aromatic N) is 3. The van der Waals surface area contributed by atoms with E-state index >= 15 is 0 Å². The lowest BCUT2D eigenvalue weighted by atomic mass is 10.0. The molecule has 1 unspecified atom stereocenters. The summed E-state index contributed by atoms with van der Waals surface area (Å²) in [6.07, 6.45) is 4.70. The number of hydrogen-bond donors (Lipinski definition) is 3. The Bertz CT molecular complexity index is 848. The fraction of sp³-hybridized carbons (Fsp3) is 0.421. The van der Waals surface area contributed by atoms with E-state index in [9.17, 15) is 9.59 Å². The lowest BCUT2D eigenvalue weighted by Gasteiger charge is -2.24. The van der Waals surface area contributed by atoms with Crippen LogP contribution >= 0.6 is 0 Å². The average Bonchev–Trinajstić information content (AvgIpc) is 2.86. The smallest absolute Gasteiger partial charge is 0.354 e. The molecule has 1 amide bonds. The first-order chi connectivity index (χ1) is 12.9. The zero-order chi connectivity index (χ0) is 19.4. The monoisotopic (exact) mass is 370 g/mol. The van der Waals surface area contributed by atoms with E-state index in [-0.39, 0.29) is 17.8 Å². The minimum Gasteiger partial charge on any atom is -0.383 e. The van der Waals surface area contributed by atoms with Crippen molar-refractivity contribution in [3.05, 3.63) is 52.6 Å². The summed E-state index contributed by atoms with van der Waals surface area (Å²) < 4.78 is 1.41. The van der Waals surface area contributed by atoms with Gasteiger partial charge in [0.05, 0.1) is 11.7 Å². The van der Waals surface area contributed by atoms with Crippen LogP contribution in [0.15, 0.2) is 41.3 Å². The second-order valence-corrected chi connectivity index (χ2v) is 7.00. The molecule has 1 aliphatic heterocycles. The highest BCUT2D eigenvalue weighted by molar-refractivity contribution is 5.82. The molecule has 2 atom stereocenters. The normalized spacial score (nSPS) is 18.7. The van der Waals surface area contributed by atoms with Crippen molar-refractivity contribution in [3.8, 4) is 5.69 Å². The molecule has 1 saturated heterocycles. The number of benzene rings is 1. The van der Waals surface area contributed by atoms with E-state index in [1.54, 1.807) is 24.4 Å². The summed E-state index contributed by atoms with van der Waals surface area (Å²) in [7, 11) is 0. The molecule has 1 aromatic heterocycles. The summed E-state index contributed by atoms with van der Waals surface area (Å²) in [5.41, 5.74) is 18.8. The molecule has 0 aliphatic carbocycles. The van der Waals surface area contributed by atoms with Crippen LogP contribution in [0, 0.1) is 0 Å². The van der Waals surface area contributed by atoms with Crippen molar-refractivity contribution in [2.75, 3.05) is 18.8 Å². The van der Waals surface area contributed by atoms with Crippen LogP contribution in [0.2, 0.25) is 0 Å². The highest BCUT2D eigenvalue weighted by Gasteiger charge is 2.23. The van der Waals surface area contributed by atoms with Gasteiger partial charge >= 0.3 is 5.69 Å². The van der Waals surface area contributed by atoms with Crippen molar-refractivity contribution < 1.29 is 4.79 Å². The Morgan fingerprint density at radius 3 is 2.63 bits per heavy atom. The van der Waals surface area contributed by atoms with Gasteiger partial charge in [-0.2, -0.15) is 4.98 Å². The standard InChI is InChI=1S/C19H26N6O2/c20-14-2-1-9-24(10-7-14)18(26)16(21)12-13-3-5-15(6-4-13)25-11-8-17(22)23-19(25)27/h3-6,8,11,14,16H,1-2,7,9-10,12,20-21H2,(H2,22,23,27)/t14?,16-/m0/s1. The van der Waals surface area contributed by atoms with Crippen LogP contribution in [0.5, 0.6) is 0 Å². The molecule has 8 nitrogen and oxygen atoms in total. The maximum Gasteiger partial charge on any atom is 0.354 e. The molecule has 1 fully saturated rings. The van der Waals surface area contributed by atoms with E-state index in [2.05, 4.69) is 4.98 Å². The number of hydrogen-bond acceptors (Lipinski definition) is 6. The first-order valence-corrected chi connectivity index (χ1v) is 9.18. The van der Waals surface area contributed by atoms with Gasteiger partial charge < -0.3 is 22.1 Å². The molecular weight excluding hydrogens is 344 g/mol. The third kappa shape index (κ3) is 4.72. The van der Waals surface area contributed by atoms with Crippen LogP contribution < -0.4 is 22.9 Å². The van der Waals surface area contributed by atoms with Gasteiger partial charge in [0.1, 0.15) is 5.82 Å². The van der Waals surface area contributed by atoms with Crippen molar-refractivity contribution >= 4 is 11.7 Å². The SMILES string of the molecule is Nc1ccn(-c2ccc(C[C@H](N)C(=O)N3CCCC(N)CC3)cc2)c(=O)n1. The summed E-state index contributed by atoms with van der Waals surface area (Å²) >= 11 is 0. The number of amides is 1. The average molecular weight is 370 g/mol. The van der Waals surface area contributed by atoms with Crippen LogP contribution in [-0.4, -0.2) is 45.5 Å². The van der Waals surface area contributed by atoms with Gasteiger partial charge in [0, 0.05) is 25.3 Å². The Balaban J connectivity index is 1.65. The lowest BCUT2D eigenvalue weighted by molar-refractivity contribution is -0.132. The molecule has 2 heterocycles. The molecule has 8 heteroatoms. The fourth-order valence-electron chi connectivity index (χ4n) is 3.32. The van der Waals surface area contributed by atoms with E-state index in [0.29, 0.717) is 25.2 Å². The third-order valence-corrected chi connectivity index (χ3v) is 4.90. The summed E-state index contributed by atoms with van der Waals surface area (Å²) in [4.78, 5) is 30.1. The molecule has 27 heavy (non-hydrogen) atoms. The molecular formula is C19H26N6O2. The number of carbonyl (C=O) groups excluding carboxylic acids is 1. The van der Waals surface area contributed by atoms with Gasteiger partial charge in [-0.15, -0.1) is 0 Å². The minimum atomic E-state index is -0.592. The molecule has 144 valence electrons. The Morgan fingerprint density at radius 2 is 1.93 bits per heavy atom. The van der Waals surface area contributed by atoms with E-state index in [1.807, 2.05) is 17.0 Å². The molecule has 0 spiro atoms. The first kappa shape index (κ1) is 19.1. The largest absolute Gasteiger partial charge is 0.383 e. The second kappa shape index (κ2) is 8.32. The number of nitrogen functional groups attached to an aromatic ring is 1. The van der Waals surface area contributed by atoms with Gasteiger partial charge in [-0.05, 0) is 49.4 Å². The molecule has 2 aromatic rings. The first-order valence-electron chi connectivity index (χ1n) is 9.18. The van der Waals surface area contributed by atoms with Crippen LogP contribution in [-0.2, 0) is 11.2 Å². The lowest BCUT2D eigenvalue weighted by Crippen LogP contribution is -2.45. The highest BCUT2D eigenvalue weighted by Crippen LogP contribution is 2.13. The van der Waals surface area contributed by atoms with Crippen molar-refractivity contribution in [1.29, 1.82) is 0 Å². The Labute approximate surface area is 158 Å². The maximum atomic E-state index is 12.6. The Morgan fingerprint density at radius 1 is 1.19 bits per heavy atom. The van der Waals surface area contributed by atoms with E-state index in [4.69, 9.17) is 17.2 Å². The number of rotatable bonds is 4. The number of aromatic nitrogens is 2. The van der Waals surface area contributed by atoms with Crippen LogP contribution in [0.3, 0.4) is 0 Å². The van der Waals surface area contributed by atoms with Crippen molar-refractivity contribution in [2.45, 2.75) is 37.8 Å². The summed E-state index contributed by atoms with van der Waals surface area (Å²) in [6.45, 7) is 1.38. The summed E-state index contributed by atoms with van der Waals surface area (Å²) in [5.74, 6) is 0.152. The number of likely N-dealkylation sites (tertiary alicyclic amines) is 1. The topological polar surface area (TPSA) is 133 Å². The van der Waals surface area contributed by atoms with Gasteiger partial charge in [0.15, 0.2) is 0 Å². The zero-order valence-electron chi connectivity index (χ0n) is 15.3. The molecule has 6 N–H and O–H groups in total. The molecule has 0 radical (unpaired) electrons. The molecule has 0 saturated carbocycles. The maximum absolute atomic E-state index is 12.6. The molecule has 0 bridgehead atoms. The predicted molar refractivity (Wildman–Crippen MR) is 104 cm³/mol. The van der Waals surface area contributed by atoms with Gasteiger partial charge in [-0.1, -0.05) is 12.1 Å². The van der Waals surface area contributed by atoms with Gasteiger partial charge in [-0.3, -0.25) is 9.36 Å². The quantitative estimate of drug-likeness (QED) is 0.695. The predicted octanol–water partition coefficient (Wildman–Crippen LogP) is 0.0243. The fourth-order valence-corrected chi connectivity index (χ4v) is 3.32. The second-order valence-electron chi connectivity index (χ2n) is 7.00. The van der Waals surface area contributed by atoms with E-state index in [1.165, 1.54) is 4.57 Å². The number of carbonyl (C=O) groups is 1.